The lowest BCUT2D eigenvalue weighted by Crippen LogP contribution is -2.43. The molecule has 1 fully saturated rings. The lowest BCUT2D eigenvalue weighted by atomic mass is 10.0. The summed E-state index contributed by atoms with van der Waals surface area (Å²) < 4.78 is 0. The molecule has 0 amide bonds. The molecule has 0 saturated carbocycles. The smallest absolute Gasteiger partial charge is 0.103 e. The van der Waals surface area contributed by atoms with E-state index in [1.807, 2.05) is 0 Å². The summed E-state index contributed by atoms with van der Waals surface area (Å²) in [5.74, 6) is 1.03. The van der Waals surface area contributed by atoms with Crippen molar-refractivity contribution in [1.29, 1.82) is 0 Å². The molecule has 0 aliphatic carbocycles. The number of piperidine rings is 1. The van der Waals surface area contributed by atoms with Crippen LogP contribution in [0.2, 0.25) is 0 Å². The molecule has 2 aliphatic rings. The third kappa shape index (κ3) is 1.89. The summed E-state index contributed by atoms with van der Waals surface area (Å²) in [7, 11) is 0. The molecule has 2 aliphatic heterocycles. The maximum absolute atomic E-state index is 4.17. The van der Waals surface area contributed by atoms with Crippen LogP contribution in [0, 0.1) is 0 Å². The van der Waals surface area contributed by atoms with E-state index in [2.05, 4.69) is 52.9 Å². The molecule has 0 unspecified atom stereocenters. The van der Waals surface area contributed by atoms with Crippen LogP contribution in [-0.2, 0) is 0 Å². The number of hydrogen-bond acceptors (Lipinski definition) is 3. The van der Waals surface area contributed by atoms with Gasteiger partial charge >= 0.3 is 0 Å². The van der Waals surface area contributed by atoms with E-state index < -0.39 is 0 Å². The Morgan fingerprint density at radius 3 is 2.72 bits per heavy atom. The number of nitrogens with one attached hydrogen (secondary N) is 1. The predicted octanol–water partition coefficient (Wildman–Crippen LogP) is 2.87. The minimum atomic E-state index is 0.594. The Morgan fingerprint density at radius 2 is 2.00 bits per heavy atom. The number of likely N-dealkylation sites (tertiary alicyclic amines) is 1. The van der Waals surface area contributed by atoms with Crippen molar-refractivity contribution in [2.45, 2.75) is 25.8 Å². The predicted molar refractivity (Wildman–Crippen MR) is 76.8 cm³/mol. The topological polar surface area (TPSA) is 18.5 Å². The average molecular weight is 243 g/mol. The molecule has 96 valence electrons. The fourth-order valence-electron chi connectivity index (χ4n) is 3.06. The van der Waals surface area contributed by atoms with E-state index in [-0.39, 0.29) is 0 Å². The van der Waals surface area contributed by atoms with Crippen LogP contribution in [0.25, 0.3) is 0 Å². The number of hydrogen-bond donors (Lipinski definition) is 1. The van der Waals surface area contributed by atoms with E-state index in [1.165, 1.54) is 43.9 Å². The summed E-state index contributed by atoms with van der Waals surface area (Å²) in [6.07, 6.45) is 2.45. The van der Waals surface area contributed by atoms with Crippen molar-refractivity contribution < 1.29 is 0 Å². The standard InChI is InChI=1S/C15H21N3/c1-3-17-10-8-13(9-11-17)18-12(2)16-14-6-4-5-7-15(14)18/h4-7,13,16H,2-3,8-11H2,1H3. The average Bonchev–Trinajstić information content (AvgIpc) is 2.75. The number of benzene rings is 1. The lowest BCUT2D eigenvalue weighted by Gasteiger charge is -2.37. The van der Waals surface area contributed by atoms with Gasteiger partial charge in [0.2, 0.25) is 0 Å². The highest BCUT2D eigenvalue weighted by molar-refractivity contribution is 5.80. The maximum atomic E-state index is 4.17. The van der Waals surface area contributed by atoms with Crippen LogP contribution >= 0.6 is 0 Å². The van der Waals surface area contributed by atoms with Crippen molar-refractivity contribution in [2.75, 3.05) is 29.9 Å². The van der Waals surface area contributed by atoms with E-state index in [0.29, 0.717) is 6.04 Å². The molecule has 2 heterocycles. The quantitative estimate of drug-likeness (QED) is 0.861. The fraction of sp³-hybridized carbons (Fsp3) is 0.467. The first kappa shape index (κ1) is 11.6. The van der Waals surface area contributed by atoms with Gasteiger partial charge in [0.15, 0.2) is 0 Å². The van der Waals surface area contributed by atoms with Gasteiger partial charge in [-0.2, -0.15) is 0 Å². The number of fused-ring (bicyclic) bond motifs is 1. The van der Waals surface area contributed by atoms with Crippen LogP contribution in [-0.4, -0.2) is 30.6 Å². The highest BCUT2D eigenvalue weighted by Crippen LogP contribution is 2.38. The van der Waals surface area contributed by atoms with Gasteiger partial charge < -0.3 is 15.1 Å². The minimum absolute atomic E-state index is 0.594. The number of rotatable bonds is 2. The first-order valence-electron chi connectivity index (χ1n) is 6.86. The highest BCUT2D eigenvalue weighted by Gasteiger charge is 2.30. The van der Waals surface area contributed by atoms with Gasteiger partial charge in [0.05, 0.1) is 11.4 Å². The summed E-state index contributed by atoms with van der Waals surface area (Å²) in [4.78, 5) is 4.91. The second kappa shape index (κ2) is 4.65. The van der Waals surface area contributed by atoms with E-state index in [9.17, 15) is 0 Å². The molecule has 1 aromatic rings. The Kier molecular flexibility index (Phi) is 3.00. The third-order valence-corrected chi connectivity index (χ3v) is 4.10. The highest BCUT2D eigenvalue weighted by atomic mass is 15.3. The Labute approximate surface area is 109 Å². The molecule has 0 aromatic heterocycles. The Balaban J connectivity index is 1.79. The second-order valence-electron chi connectivity index (χ2n) is 5.12. The van der Waals surface area contributed by atoms with Gasteiger partial charge in [-0.05, 0) is 31.5 Å². The number of nitrogens with zero attached hydrogens (tertiary/aromatic N) is 2. The van der Waals surface area contributed by atoms with E-state index >= 15 is 0 Å². The first-order chi connectivity index (χ1) is 8.79. The zero-order valence-electron chi connectivity index (χ0n) is 11.0. The van der Waals surface area contributed by atoms with Crippen LogP contribution in [0.5, 0.6) is 0 Å². The zero-order chi connectivity index (χ0) is 12.5. The molecule has 3 heteroatoms. The molecular formula is C15H21N3. The van der Waals surface area contributed by atoms with Crippen LogP contribution in [0.15, 0.2) is 36.7 Å². The van der Waals surface area contributed by atoms with Crippen LogP contribution < -0.4 is 10.2 Å². The Morgan fingerprint density at radius 1 is 1.28 bits per heavy atom. The van der Waals surface area contributed by atoms with Crippen molar-refractivity contribution in [3.8, 4) is 0 Å². The van der Waals surface area contributed by atoms with Crippen LogP contribution in [0.1, 0.15) is 19.8 Å². The molecule has 0 bridgehead atoms. The van der Waals surface area contributed by atoms with E-state index in [0.717, 1.165) is 5.82 Å². The van der Waals surface area contributed by atoms with Gasteiger partial charge in [-0.25, -0.2) is 0 Å². The zero-order valence-corrected chi connectivity index (χ0v) is 11.0. The summed E-state index contributed by atoms with van der Waals surface area (Å²) in [5.41, 5.74) is 2.48. The SMILES string of the molecule is C=C1Nc2ccccc2N1C1CCN(CC)CC1. The van der Waals surface area contributed by atoms with Gasteiger partial charge in [0.25, 0.3) is 0 Å². The van der Waals surface area contributed by atoms with Crippen molar-refractivity contribution in [1.82, 2.24) is 4.90 Å². The van der Waals surface area contributed by atoms with Crippen molar-refractivity contribution >= 4 is 11.4 Å². The van der Waals surface area contributed by atoms with Crippen molar-refractivity contribution in [3.05, 3.63) is 36.7 Å². The molecule has 3 nitrogen and oxygen atoms in total. The normalized spacial score (nSPS) is 20.9. The summed E-state index contributed by atoms with van der Waals surface area (Å²) in [6, 6.07) is 9.08. The lowest BCUT2D eigenvalue weighted by molar-refractivity contribution is 0.222. The van der Waals surface area contributed by atoms with Gasteiger partial charge in [0.1, 0.15) is 5.82 Å². The Hall–Kier alpha value is -1.48. The maximum Gasteiger partial charge on any atom is 0.103 e. The van der Waals surface area contributed by atoms with E-state index in [4.69, 9.17) is 0 Å². The van der Waals surface area contributed by atoms with Crippen LogP contribution in [0.3, 0.4) is 0 Å². The molecule has 1 saturated heterocycles. The monoisotopic (exact) mass is 243 g/mol. The molecule has 1 N–H and O–H groups in total. The van der Waals surface area contributed by atoms with Crippen molar-refractivity contribution in [2.24, 2.45) is 0 Å². The molecule has 0 spiro atoms. The third-order valence-electron chi connectivity index (χ3n) is 4.10. The van der Waals surface area contributed by atoms with Gasteiger partial charge in [0, 0.05) is 19.1 Å². The second-order valence-corrected chi connectivity index (χ2v) is 5.12. The summed E-state index contributed by atoms with van der Waals surface area (Å²) >= 11 is 0. The molecular weight excluding hydrogens is 222 g/mol. The molecule has 18 heavy (non-hydrogen) atoms. The minimum Gasteiger partial charge on any atom is -0.340 e. The van der Waals surface area contributed by atoms with Gasteiger partial charge in [-0.1, -0.05) is 25.6 Å². The van der Waals surface area contributed by atoms with Gasteiger partial charge in [-0.3, -0.25) is 0 Å². The van der Waals surface area contributed by atoms with Crippen LogP contribution in [0.4, 0.5) is 11.4 Å². The van der Waals surface area contributed by atoms with Gasteiger partial charge in [-0.15, -0.1) is 0 Å². The molecule has 1 aromatic carbocycles. The summed E-state index contributed by atoms with van der Waals surface area (Å²) in [5, 5.41) is 3.39. The first-order valence-corrected chi connectivity index (χ1v) is 6.86. The van der Waals surface area contributed by atoms with E-state index in [1.54, 1.807) is 0 Å². The molecule has 0 radical (unpaired) electrons. The summed E-state index contributed by atoms with van der Waals surface area (Å²) in [6.45, 7) is 9.98. The molecule has 0 atom stereocenters. The molecule has 3 rings (SSSR count). The fourth-order valence-corrected chi connectivity index (χ4v) is 3.06. The largest absolute Gasteiger partial charge is 0.340 e. The Bertz CT molecular complexity index is 447. The number of anilines is 2. The van der Waals surface area contributed by atoms with Crippen molar-refractivity contribution in [3.63, 3.8) is 0 Å². The number of para-hydroxylation sites is 2.